The van der Waals surface area contributed by atoms with E-state index >= 15 is 0 Å². The number of carbonyl (C=O) groups is 1. The Hall–Kier alpha value is -6.00. The minimum Gasteiger partial charge on any atom is -0.478 e. The number of sulfonamides is 1. The molecule has 1 saturated heterocycles. The van der Waals surface area contributed by atoms with Crippen molar-refractivity contribution >= 4 is 67.8 Å². The summed E-state index contributed by atoms with van der Waals surface area (Å²) in [7, 11) is -4.19. The Balaban J connectivity index is 1.02. The summed E-state index contributed by atoms with van der Waals surface area (Å²) in [5, 5.41) is 36.0. The lowest BCUT2D eigenvalue weighted by Crippen LogP contribution is -2.46. The van der Waals surface area contributed by atoms with Crippen molar-refractivity contribution in [3.63, 3.8) is 0 Å². The second-order valence-corrected chi connectivity index (χ2v) is 18.8. The molecule has 13 nitrogen and oxygen atoms in total. The Kier molecular flexibility index (Phi) is 14.0. The molecule has 0 saturated carbocycles. The molecule has 0 aliphatic carbocycles. The smallest absolute Gasteiger partial charge is 0.338 e. The third-order valence-electron chi connectivity index (χ3n) is 11.1. The van der Waals surface area contributed by atoms with Gasteiger partial charge in [0.1, 0.15) is 5.69 Å². The molecule has 1 unspecified atom stereocenters. The first-order valence-electron chi connectivity index (χ1n) is 20.5. The molecule has 0 bridgehead atoms. The molecule has 7 rings (SSSR count). The van der Waals surface area contributed by atoms with Gasteiger partial charge in [0.2, 0.25) is 0 Å². The van der Waals surface area contributed by atoms with Crippen molar-refractivity contribution < 1.29 is 28.3 Å². The van der Waals surface area contributed by atoms with Crippen LogP contribution in [0.15, 0.2) is 131 Å². The van der Waals surface area contributed by atoms with Crippen LogP contribution in [0.3, 0.4) is 0 Å². The largest absolute Gasteiger partial charge is 0.478 e. The number of carboxylic acid groups (broad SMARTS) is 1. The molecule has 2 heterocycles. The zero-order chi connectivity index (χ0) is 44.8. The van der Waals surface area contributed by atoms with E-state index in [0.29, 0.717) is 60.3 Å². The van der Waals surface area contributed by atoms with E-state index in [1.165, 1.54) is 12.1 Å². The van der Waals surface area contributed by atoms with E-state index in [9.17, 15) is 33.5 Å². The van der Waals surface area contributed by atoms with Gasteiger partial charge in [0.25, 0.3) is 15.7 Å². The summed E-state index contributed by atoms with van der Waals surface area (Å²) in [6.07, 6.45) is 0.343. The molecule has 0 radical (unpaired) electrons. The number of piperazine rings is 1. The number of nitrogens with one attached hydrogen (secondary N) is 2. The molecule has 5 aromatic carbocycles. The second-order valence-electron chi connectivity index (χ2n) is 15.6. The van der Waals surface area contributed by atoms with Crippen molar-refractivity contribution in [2.45, 2.75) is 49.1 Å². The first kappa shape index (κ1) is 45.0. The number of aliphatic hydroxyl groups excluding tert-OH is 1. The summed E-state index contributed by atoms with van der Waals surface area (Å²) in [5.74, 6) is -0.458. The van der Waals surface area contributed by atoms with Crippen LogP contribution in [0.4, 0.5) is 28.4 Å². The van der Waals surface area contributed by atoms with Gasteiger partial charge in [-0.25, -0.2) is 13.2 Å². The van der Waals surface area contributed by atoms with Gasteiger partial charge >= 0.3 is 5.97 Å². The standard InChI is InChI=1S/C47H49ClN6O7S2/c1-31(2)53-32(3)44(47(56)57)45(46(53)33-12-14-35(48)15-13-33)34-8-7-9-39(28-34)52-25-23-51(24-26-52)38-18-16-36(17-19-38)50-63(60,61)41-20-21-42(43(29-41)54(58)59)49-37(22-27-55)30-62-40-10-5-4-6-11-40/h4-21,28-29,31,37,49-50,55H,22-27,30H2,1-3H3,(H,56,57). The average molecular weight is 910 g/mol. The number of nitro benzene ring substituents is 1. The Morgan fingerprint density at radius 3 is 2.14 bits per heavy atom. The van der Waals surface area contributed by atoms with Gasteiger partial charge in [-0.1, -0.05) is 54.1 Å². The molecule has 328 valence electrons. The van der Waals surface area contributed by atoms with Crippen molar-refractivity contribution in [3.05, 3.63) is 148 Å². The Morgan fingerprint density at radius 2 is 1.52 bits per heavy atom. The zero-order valence-corrected chi connectivity index (χ0v) is 37.5. The minimum atomic E-state index is -4.19. The Morgan fingerprint density at radius 1 is 0.857 bits per heavy atom. The number of aromatic carboxylic acids is 1. The van der Waals surface area contributed by atoms with E-state index in [-0.39, 0.29) is 40.5 Å². The summed E-state index contributed by atoms with van der Waals surface area (Å²) >= 11 is 7.79. The number of nitrogens with zero attached hydrogens (tertiary/aromatic N) is 4. The highest BCUT2D eigenvalue weighted by Gasteiger charge is 2.29. The van der Waals surface area contributed by atoms with Crippen LogP contribution in [-0.4, -0.2) is 78.7 Å². The quantitative estimate of drug-likeness (QED) is 0.0390. The third kappa shape index (κ3) is 10.3. The molecule has 1 atom stereocenters. The van der Waals surface area contributed by atoms with Crippen molar-refractivity contribution in [2.75, 3.05) is 58.4 Å². The molecule has 0 amide bonds. The van der Waals surface area contributed by atoms with E-state index in [4.69, 9.17) is 11.6 Å². The summed E-state index contributed by atoms with van der Waals surface area (Å²) in [6.45, 7) is 8.57. The molecule has 63 heavy (non-hydrogen) atoms. The van der Waals surface area contributed by atoms with E-state index in [1.807, 2.05) is 106 Å². The molecular formula is C47H49ClN6O7S2. The number of anilines is 4. The highest BCUT2D eigenvalue weighted by atomic mass is 35.5. The van der Waals surface area contributed by atoms with Crippen LogP contribution in [0.2, 0.25) is 5.02 Å². The molecule has 0 spiro atoms. The van der Waals surface area contributed by atoms with E-state index < -0.39 is 20.9 Å². The van der Waals surface area contributed by atoms with Crippen LogP contribution < -0.4 is 19.8 Å². The first-order chi connectivity index (χ1) is 30.2. The van der Waals surface area contributed by atoms with Gasteiger partial charge in [-0.3, -0.25) is 14.8 Å². The summed E-state index contributed by atoms with van der Waals surface area (Å²) in [6, 6.07) is 35.6. The molecule has 1 aromatic heterocycles. The summed E-state index contributed by atoms with van der Waals surface area (Å²) < 4.78 is 31.6. The van der Waals surface area contributed by atoms with Gasteiger partial charge in [-0.2, -0.15) is 0 Å². The summed E-state index contributed by atoms with van der Waals surface area (Å²) in [4.78, 5) is 29.6. The number of rotatable bonds is 17. The number of aromatic nitrogens is 1. The van der Waals surface area contributed by atoms with Crippen LogP contribution in [-0.2, 0) is 10.0 Å². The van der Waals surface area contributed by atoms with Crippen LogP contribution in [0.5, 0.6) is 0 Å². The zero-order valence-electron chi connectivity index (χ0n) is 35.1. The number of carboxylic acids is 1. The number of halogens is 1. The fourth-order valence-electron chi connectivity index (χ4n) is 8.06. The van der Waals surface area contributed by atoms with E-state index in [0.717, 1.165) is 39.2 Å². The van der Waals surface area contributed by atoms with Gasteiger partial charge < -0.3 is 29.9 Å². The fourth-order valence-corrected chi connectivity index (χ4v) is 10.3. The second kappa shape index (κ2) is 19.6. The van der Waals surface area contributed by atoms with Gasteiger partial charge in [0.05, 0.1) is 21.1 Å². The number of benzene rings is 5. The van der Waals surface area contributed by atoms with Gasteiger partial charge in [-0.05, 0) is 111 Å². The minimum absolute atomic E-state index is 0.00431. The van der Waals surface area contributed by atoms with Crippen LogP contribution in [0.1, 0.15) is 42.4 Å². The molecule has 1 aliphatic heterocycles. The molecular weight excluding hydrogens is 860 g/mol. The number of nitro groups is 1. The van der Waals surface area contributed by atoms with Crippen LogP contribution in [0.25, 0.3) is 22.4 Å². The van der Waals surface area contributed by atoms with Crippen LogP contribution in [0, 0.1) is 17.0 Å². The third-order valence-corrected chi connectivity index (χ3v) is 13.9. The van der Waals surface area contributed by atoms with Crippen molar-refractivity contribution in [1.82, 2.24) is 4.57 Å². The van der Waals surface area contributed by atoms with Crippen molar-refractivity contribution in [1.29, 1.82) is 0 Å². The van der Waals surface area contributed by atoms with Gasteiger partial charge in [0.15, 0.2) is 0 Å². The molecule has 16 heteroatoms. The summed E-state index contributed by atoms with van der Waals surface area (Å²) in [5.41, 5.74) is 6.08. The maximum atomic E-state index is 13.5. The molecule has 1 aliphatic rings. The highest BCUT2D eigenvalue weighted by molar-refractivity contribution is 7.99. The monoisotopic (exact) mass is 908 g/mol. The first-order valence-corrected chi connectivity index (χ1v) is 23.4. The Bertz CT molecular complexity index is 2690. The SMILES string of the molecule is Cc1c(C(=O)O)c(-c2cccc(N3CCN(c4ccc(NS(=O)(=O)c5ccc(NC(CCO)CSc6ccccc6)c([N+](=O)[O-])c5)cc4)CC3)c2)c(-c2ccc(Cl)cc2)n1C(C)C. The predicted octanol–water partition coefficient (Wildman–Crippen LogP) is 10.1. The molecule has 6 aromatic rings. The van der Waals surface area contributed by atoms with Crippen molar-refractivity contribution in [3.8, 4) is 22.4 Å². The fraction of sp³-hybridized carbons (Fsp3) is 0.255. The van der Waals surface area contributed by atoms with Gasteiger partial charge in [-0.15, -0.1) is 11.8 Å². The number of hydrogen-bond donors (Lipinski definition) is 4. The maximum absolute atomic E-state index is 13.5. The lowest BCUT2D eigenvalue weighted by molar-refractivity contribution is -0.384. The van der Waals surface area contributed by atoms with E-state index in [1.54, 1.807) is 23.9 Å². The normalized spacial score (nSPS) is 13.6. The lowest BCUT2D eigenvalue weighted by atomic mass is 9.96. The Labute approximate surface area is 376 Å². The maximum Gasteiger partial charge on any atom is 0.338 e. The average Bonchev–Trinajstić information content (AvgIpc) is 3.59. The number of hydrogen-bond acceptors (Lipinski definition) is 10. The number of aliphatic hydroxyl groups is 1. The molecule has 1 fully saturated rings. The van der Waals surface area contributed by atoms with Crippen LogP contribution >= 0.6 is 23.4 Å². The topological polar surface area (TPSA) is 170 Å². The highest BCUT2D eigenvalue weighted by Crippen LogP contribution is 2.42. The van der Waals surface area contributed by atoms with E-state index in [2.05, 4.69) is 30.5 Å². The number of thioether (sulfide) groups is 1. The lowest BCUT2D eigenvalue weighted by Gasteiger charge is -2.37. The van der Waals surface area contributed by atoms with Gasteiger partial charge in [0, 0.05) is 94.9 Å². The van der Waals surface area contributed by atoms with Crippen molar-refractivity contribution in [2.24, 2.45) is 0 Å². The predicted molar refractivity (Wildman–Crippen MR) is 253 cm³/mol. The molecule has 4 N–H and O–H groups in total.